The first kappa shape index (κ1) is 7.64. The molecule has 1 heteroatoms. The summed E-state index contributed by atoms with van der Waals surface area (Å²) in [6, 6.07) is 0. The van der Waals surface area contributed by atoms with Crippen molar-refractivity contribution in [3.8, 4) is 0 Å². The zero-order valence-electron chi connectivity index (χ0n) is 6.80. The molecule has 0 radical (unpaired) electrons. The van der Waals surface area contributed by atoms with Crippen LogP contribution in [0, 0.1) is 11.8 Å². The molecular formula is C9H16O. The summed E-state index contributed by atoms with van der Waals surface area (Å²) < 4.78 is 0. The quantitative estimate of drug-likeness (QED) is 0.593. The van der Waals surface area contributed by atoms with Gasteiger partial charge in [0.05, 0.1) is 5.76 Å². The molecule has 1 aliphatic rings. The number of hydrogen-bond acceptors (Lipinski definition) is 1. The zero-order chi connectivity index (χ0) is 7.56. The maximum Gasteiger partial charge on any atom is 0.0885 e. The first-order chi connectivity index (χ1) is 4.70. The summed E-state index contributed by atoms with van der Waals surface area (Å²) in [7, 11) is 0. The Morgan fingerprint density at radius 3 is 2.70 bits per heavy atom. The van der Waals surface area contributed by atoms with Crippen LogP contribution in [0.2, 0.25) is 0 Å². The molecule has 1 nitrogen and oxygen atoms in total. The molecule has 0 aliphatic heterocycles. The largest absolute Gasteiger partial charge is 0.513 e. The Balaban J connectivity index is 2.45. The minimum absolute atomic E-state index is 0.602. The molecule has 1 aliphatic carbocycles. The highest BCUT2D eigenvalue weighted by atomic mass is 16.3. The second-order valence-electron chi connectivity index (χ2n) is 3.48. The van der Waals surface area contributed by atoms with Crippen LogP contribution in [0.3, 0.4) is 0 Å². The van der Waals surface area contributed by atoms with Gasteiger partial charge in [0.15, 0.2) is 0 Å². The lowest BCUT2D eigenvalue weighted by Gasteiger charge is -2.22. The Hall–Kier alpha value is -0.460. The predicted molar refractivity (Wildman–Crippen MR) is 42.9 cm³/mol. The smallest absolute Gasteiger partial charge is 0.0885 e. The van der Waals surface area contributed by atoms with Crippen LogP contribution in [0.25, 0.3) is 0 Å². The van der Waals surface area contributed by atoms with Gasteiger partial charge >= 0.3 is 0 Å². The van der Waals surface area contributed by atoms with Gasteiger partial charge < -0.3 is 5.11 Å². The van der Waals surface area contributed by atoms with E-state index >= 15 is 0 Å². The van der Waals surface area contributed by atoms with Gasteiger partial charge in [-0.1, -0.05) is 13.8 Å². The van der Waals surface area contributed by atoms with Crippen molar-refractivity contribution in [3.63, 3.8) is 0 Å². The van der Waals surface area contributed by atoms with Gasteiger partial charge in [0.1, 0.15) is 0 Å². The summed E-state index contributed by atoms with van der Waals surface area (Å²) in [6.07, 6.45) is 5.16. The second-order valence-corrected chi connectivity index (χ2v) is 3.48. The van der Waals surface area contributed by atoms with Gasteiger partial charge in [0.2, 0.25) is 0 Å². The lowest BCUT2D eigenvalue weighted by molar-refractivity contribution is 0.274. The first-order valence-electron chi connectivity index (χ1n) is 4.08. The van der Waals surface area contributed by atoms with Crippen molar-refractivity contribution in [2.24, 2.45) is 11.8 Å². The minimum atomic E-state index is 0.602. The van der Waals surface area contributed by atoms with Gasteiger partial charge in [-0.2, -0.15) is 0 Å². The first-order valence-corrected chi connectivity index (χ1v) is 4.08. The molecule has 0 saturated carbocycles. The summed E-state index contributed by atoms with van der Waals surface area (Å²) >= 11 is 0. The van der Waals surface area contributed by atoms with Gasteiger partial charge in [-0.3, -0.25) is 0 Å². The van der Waals surface area contributed by atoms with Gasteiger partial charge in [-0.25, -0.2) is 0 Å². The van der Waals surface area contributed by atoms with E-state index in [0.717, 1.165) is 18.8 Å². The fraction of sp³-hybridized carbons (Fsp3) is 0.778. The van der Waals surface area contributed by atoms with E-state index in [-0.39, 0.29) is 0 Å². The van der Waals surface area contributed by atoms with Crippen LogP contribution < -0.4 is 0 Å². The number of aliphatic hydroxyl groups is 1. The SMILES string of the molecule is CC(C)C1CCC=C(O)C1. The molecule has 1 atom stereocenters. The zero-order valence-corrected chi connectivity index (χ0v) is 6.80. The van der Waals surface area contributed by atoms with Crippen LogP contribution in [0.5, 0.6) is 0 Å². The monoisotopic (exact) mass is 140 g/mol. The molecule has 0 heterocycles. The molecule has 0 spiro atoms. The van der Waals surface area contributed by atoms with E-state index < -0.39 is 0 Å². The minimum Gasteiger partial charge on any atom is -0.513 e. The van der Waals surface area contributed by atoms with Crippen LogP contribution in [-0.4, -0.2) is 5.11 Å². The van der Waals surface area contributed by atoms with Crippen LogP contribution in [0.1, 0.15) is 33.1 Å². The van der Waals surface area contributed by atoms with E-state index in [1.54, 1.807) is 0 Å². The summed E-state index contributed by atoms with van der Waals surface area (Å²) in [5, 5.41) is 9.19. The molecule has 1 N–H and O–H groups in total. The lowest BCUT2D eigenvalue weighted by atomic mass is 9.84. The van der Waals surface area contributed by atoms with Gasteiger partial charge in [-0.05, 0) is 30.8 Å². The highest BCUT2D eigenvalue weighted by Crippen LogP contribution is 2.28. The Labute approximate surface area is 62.8 Å². The third kappa shape index (κ3) is 1.76. The third-order valence-corrected chi connectivity index (χ3v) is 2.33. The molecule has 0 fully saturated rings. The molecule has 1 rings (SSSR count). The van der Waals surface area contributed by atoms with Crippen molar-refractivity contribution in [1.82, 2.24) is 0 Å². The molecule has 10 heavy (non-hydrogen) atoms. The molecule has 0 amide bonds. The molecule has 0 aromatic rings. The molecule has 0 bridgehead atoms. The Bertz CT molecular complexity index is 136. The topological polar surface area (TPSA) is 20.2 Å². The summed E-state index contributed by atoms with van der Waals surface area (Å²) in [6.45, 7) is 4.45. The molecule has 58 valence electrons. The number of rotatable bonds is 1. The van der Waals surface area contributed by atoms with Crippen LogP contribution in [-0.2, 0) is 0 Å². The maximum absolute atomic E-state index is 9.19. The average molecular weight is 140 g/mol. The van der Waals surface area contributed by atoms with Crippen molar-refractivity contribution in [3.05, 3.63) is 11.8 Å². The van der Waals surface area contributed by atoms with Gasteiger partial charge in [-0.15, -0.1) is 0 Å². The fourth-order valence-corrected chi connectivity index (χ4v) is 1.49. The van der Waals surface area contributed by atoms with Crippen LogP contribution in [0.15, 0.2) is 11.8 Å². The molecular weight excluding hydrogens is 124 g/mol. The highest BCUT2D eigenvalue weighted by Gasteiger charge is 2.17. The second kappa shape index (κ2) is 3.09. The van der Waals surface area contributed by atoms with E-state index in [0.29, 0.717) is 11.7 Å². The number of hydrogen-bond donors (Lipinski definition) is 1. The normalized spacial score (nSPS) is 26.7. The van der Waals surface area contributed by atoms with Crippen molar-refractivity contribution in [2.75, 3.05) is 0 Å². The summed E-state index contributed by atoms with van der Waals surface area (Å²) in [5.74, 6) is 2.03. The Morgan fingerprint density at radius 1 is 1.60 bits per heavy atom. The molecule has 0 saturated heterocycles. The van der Waals surface area contributed by atoms with Crippen molar-refractivity contribution >= 4 is 0 Å². The molecule has 0 aromatic heterocycles. The van der Waals surface area contributed by atoms with E-state index in [2.05, 4.69) is 13.8 Å². The summed E-state index contributed by atoms with van der Waals surface area (Å²) in [4.78, 5) is 0. The van der Waals surface area contributed by atoms with E-state index in [1.165, 1.54) is 6.42 Å². The summed E-state index contributed by atoms with van der Waals surface area (Å²) in [5.41, 5.74) is 0. The fourth-order valence-electron chi connectivity index (χ4n) is 1.49. The maximum atomic E-state index is 9.19. The Kier molecular flexibility index (Phi) is 2.36. The lowest BCUT2D eigenvalue weighted by Crippen LogP contribution is -2.12. The van der Waals surface area contributed by atoms with E-state index in [9.17, 15) is 5.11 Å². The predicted octanol–water partition coefficient (Wildman–Crippen LogP) is 2.88. The van der Waals surface area contributed by atoms with Crippen LogP contribution in [0.4, 0.5) is 0 Å². The van der Waals surface area contributed by atoms with Gasteiger partial charge in [0.25, 0.3) is 0 Å². The number of allylic oxidation sites excluding steroid dienone is 2. The van der Waals surface area contributed by atoms with Crippen molar-refractivity contribution in [1.29, 1.82) is 0 Å². The standard InChI is InChI=1S/C9H16O/c1-7(2)8-4-3-5-9(10)6-8/h5,7-8,10H,3-4,6H2,1-2H3. The number of aliphatic hydroxyl groups excluding tert-OH is 1. The van der Waals surface area contributed by atoms with Crippen molar-refractivity contribution in [2.45, 2.75) is 33.1 Å². The van der Waals surface area contributed by atoms with Crippen LogP contribution >= 0.6 is 0 Å². The average Bonchev–Trinajstić information content (AvgIpc) is 1.88. The van der Waals surface area contributed by atoms with Gasteiger partial charge in [0, 0.05) is 6.42 Å². The third-order valence-electron chi connectivity index (χ3n) is 2.33. The Morgan fingerprint density at radius 2 is 2.30 bits per heavy atom. The van der Waals surface area contributed by atoms with Crippen molar-refractivity contribution < 1.29 is 5.11 Å². The molecule has 0 aromatic carbocycles. The highest BCUT2D eigenvalue weighted by molar-refractivity contribution is 4.97. The van der Waals surface area contributed by atoms with E-state index in [1.807, 2.05) is 6.08 Å². The van der Waals surface area contributed by atoms with E-state index in [4.69, 9.17) is 0 Å². The molecule has 1 unspecified atom stereocenters.